The summed E-state index contributed by atoms with van der Waals surface area (Å²) in [7, 11) is 0. The van der Waals surface area contributed by atoms with Gasteiger partial charge in [-0.25, -0.2) is 9.79 Å². The van der Waals surface area contributed by atoms with Crippen LogP contribution >= 0.6 is 11.6 Å². The van der Waals surface area contributed by atoms with E-state index in [2.05, 4.69) is 15.5 Å². The molecule has 3 N–H and O–H groups in total. The molecule has 2 unspecified atom stereocenters. The van der Waals surface area contributed by atoms with Crippen LogP contribution in [0.4, 0.5) is 10.5 Å². The van der Waals surface area contributed by atoms with E-state index in [0.717, 1.165) is 35.2 Å². The molecule has 1 saturated carbocycles. The van der Waals surface area contributed by atoms with Crippen LogP contribution in [0.3, 0.4) is 0 Å². The highest BCUT2D eigenvalue weighted by Crippen LogP contribution is 2.45. The first-order valence-electron chi connectivity index (χ1n) is 12.8. The second-order valence-electron chi connectivity index (χ2n) is 11.0. The number of piperidine rings is 1. The lowest BCUT2D eigenvalue weighted by Gasteiger charge is -2.26. The molecule has 10 heteroatoms. The number of aromatic hydroxyl groups is 1. The number of nitrogens with zero attached hydrogens (tertiary/aromatic N) is 3. The number of amides is 1. The van der Waals surface area contributed by atoms with Gasteiger partial charge in [0.15, 0.2) is 5.88 Å². The Labute approximate surface area is 225 Å². The summed E-state index contributed by atoms with van der Waals surface area (Å²) < 4.78 is 5.48. The molecule has 3 heterocycles. The first kappa shape index (κ1) is 24.8. The number of nitrogens with one attached hydrogen (secondary N) is 2. The number of benzene rings is 2. The number of para-hydroxylation sites is 1. The number of aliphatic imine (C=N–C) groups is 1. The molecule has 2 aromatic carbocycles. The molecule has 1 amide bonds. The fourth-order valence-corrected chi connectivity index (χ4v) is 5.59. The molecular weight excluding hydrogens is 506 g/mol. The number of H-pyrrole nitrogens is 1. The monoisotopic (exact) mass is 535 g/mol. The Balaban J connectivity index is 1.09. The lowest BCUT2D eigenvalue weighted by Crippen LogP contribution is -2.39. The Morgan fingerprint density at radius 1 is 1.24 bits per heavy atom. The zero-order valence-corrected chi connectivity index (χ0v) is 22.2. The van der Waals surface area contributed by atoms with Crippen molar-refractivity contribution >= 4 is 45.7 Å². The van der Waals surface area contributed by atoms with E-state index in [1.807, 2.05) is 51.1 Å². The number of fused-ring (bicyclic) bond motifs is 3. The van der Waals surface area contributed by atoms with E-state index in [1.165, 1.54) is 0 Å². The SMILES string of the molecule is CC(C)(C)OC(=O)N1CC2C(C1)C2NCCON=C1C(c2c(O)[nH]c3ccc(Cl)cc23)=Nc2ccccc21. The highest BCUT2D eigenvalue weighted by molar-refractivity contribution is 6.58. The van der Waals surface area contributed by atoms with Gasteiger partial charge in [0.25, 0.3) is 0 Å². The minimum absolute atomic E-state index is 0.00360. The molecule has 0 radical (unpaired) electrons. The highest BCUT2D eigenvalue weighted by Gasteiger charge is 2.56. The molecule has 198 valence electrons. The summed E-state index contributed by atoms with van der Waals surface area (Å²) in [4.78, 5) is 27.6. The Morgan fingerprint density at radius 3 is 2.76 bits per heavy atom. The minimum Gasteiger partial charge on any atom is -0.494 e. The van der Waals surface area contributed by atoms with Crippen LogP contribution in [0.25, 0.3) is 10.9 Å². The fraction of sp³-hybridized carbons (Fsp3) is 0.393. The van der Waals surface area contributed by atoms with E-state index in [0.29, 0.717) is 53.0 Å². The second-order valence-corrected chi connectivity index (χ2v) is 11.4. The number of hydrogen-bond donors (Lipinski definition) is 3. The molecule has 1 aromatic heterocycles. The van der Waals surface area contributed by atoms with Gasteiger partial charge >= 0.3 is 6.09 Å². The standard InChI is InChI=1S/C28H30ClN5O4/c1-28(2,3)38-27(36)34-13-18-19(14-34)23(18)30-10-11-37-33-24-16-6-4-5-7-20(16)31-25(24)22-17-12-15(29)8-9-21(17)32-26(22)35/h4-9,12,18-19,23,30,32,35H,10-11,13-14H2,1-3H3. The number of aromatic nitrogens is 1. The van der Waals surface area contributed by atoms with E-state index in [1.54, 1.807) is 17.0 Å². The largest absolute Gasteiger partial charge is 0.494 e. The van der Waals surface area contributed by atoms with Gasteiger partial charge in [-0.15, -0.1) is 0 Å². The number of carbonyl (C=O) groups is 1. The van der Waals surface area contributed by atoms with Crippen molar-refractivity contribution < 1.29 is 19.5 Å². The molecule has 2 fully saturated rings. The number of oxime groups is 1. The molecule has 9 nitrogen and oxygen atoms in total. The maximum Gasteiger partial charge on any atom is 0.410 e. The van der Waals surface area contributed by atoms with Crippen LogP contribution in [0.5, 0.6) is 5.88 Å². The van der Waals surface area contributed by atoms with Crippen molar-refractivity contribution in [3.05, 3.63) is 58.6 Å². The predicted molar refractivity (Wildman–Crippen MR) is 147 cm³/mol. The van der Waals surface area contributed by atoms with Crippen LogP contribution in [0.2, 0.25) is 5.02 Å². The number of likely N-dealkylation sites (tertiary alicyclic amines) is 1. The average Bonchev–Trinajstić information content (AvgIpc) is 3.19. The van der Waals surface area contributed by atoms with Crippen LogP contribution < -0.4 is 5.32 Å². The van der Waals surface area contributed by atoms with Gasteiger partial charge < -0.3 is 29.9 Å². The van der Waals surface area contributed by atoms with Crippen LogP contribution in [0, 0.1) is 11.8 Å². The van der Waals surface area contributed by atoms with Crippen molar-refractivity contribution in [3.63, 3.8) is 0 Å². The van der Waals surface area contributed by atoms with Crippen molar-refractivity contribution in [1.29, 1.82) is 0 Å². The summed E-state index contributed by atoms with van der Waals surface area (Å²) in [5.74, 6) is 0.904. The first-order valence-corrected chi connectivity index (χ1v) is 13.2. The first-order chi connectivity index (χ1) is 18.2. The summed E-state index contributed by atoms with van der Waals surface area (Å²) in [6.07, 6.45) is -0.236. The normalized spacial score (nSPS) is 22.9. The second kappa shape index (κ2) is 9.32. The van der Waals surface area contributed by atoms with E-state index in [4.69, 9.17) is 26.2 Å². The Morgan fingerprint density at radius 2 is 2.00 bits per heavy atom. The number of carbonyl (C=O) groups excluding carboxylic acids is 1. The van der Waals surface area contributed by atoms with Crippen molar-refractivity contribution in [2.45, 2.75) is 32.4 Å². The average molecular weight is 536 g/mol. The molecule has 3 aromatic rings. The molecular formula is C28H30ClN5O4. The van der Waals surface area contributed by atoms with Crippen LogP contribution in [0.1, 0.15) is 31.9 Å². The third-order valence-corrected chi connectivity index (χ3v) is 7.40. The van der Waals surface area contributed by atoms with Gasteiger partial charge in [-0.3, -0.25) is 0 Å². The number of hydrogen-bond acceptors (Lipinski definition) is 7. The minimum atomic E-state index is -0.481. The molecule has 0 spiro atoms. The third kappa shape index (κ3) is 4.61. The molecule has 3 aliphatic rings. The lowest BCUT2D eigenvalue weighted by atomic mass is 10.0. The molecule has 2 aliphatic heterocycles. The zero-order valence-electron chi connectivity index (χ0n) is 21.5. The van der Waals surface area contributed by atoms with Gasteiger partial charge in [-0.2, -0.15) is 0 Å². The summed E-state index contributed by atoms with van der Waals surface area (Å²) >= 11 is 6.24. The van der Waals surface area contributed by atoms with Gasteiger partial charge in [0.2, 0.25) is 0 Å². The molecule has 0 bridgehead atoms. The van der Waals surface area contributed by atoms with E-state index in [9.17, 15) is 9.90 Å². The summed E-state index contributed by atoms with van der Waals surface area (Å²) in [6, 6.07) is 13.4. The van der Waals surface area contributed by atoms with Crippen molar-refractivity contribution in [1.82, 2.24) is 15.2 Å². The summed E-state index contributed by atoms with van der Waals surface area (Å²) in [5.41, 5.74) is 3.51. The topological polar surface area (TPSA) is 112 Å². The zero-order chi connectivity index (χ0) is 26.6. The molecule has 1 aliphatic carbocycles. The van der Waals surface area contributed by atoms with Gasteiger partial charge in [-0.1, -0.05) is 35.0 Å². The van der Waals surface area contributed by atoms with E-state index < -0.39 is 5.60 Å². The van der Waals surface area contributed by atoms with E-state index in [-0.39, 0.29) is 12.0 Å². The van der Waals surface area contributed by atoms with Crippen molar-refractivity contribution in [3.8, 4) is 5.88 Å². The maximum atomic E-state index is 12.3. The van der Waals surface area contributed by atoms with Gasteiger partial charge in [0.1, 0.15) is 23.6 Å². The molecule has 6 rings (SSSR count). The van der Waals surface area contributed by atoms with Crippen molar-refractivity contribution in [2.24, 2.45) is 22.0 Å². The predicted octanol–water partition coefficient (Wildman–Crippen LogP) is 4.84. The smallest absolute Gasteiger partial charge is 0.410 e. The fourth-order valence-electron chi connectivity index (χ4n) is 5.41. The van der Waals surface area contributed by atoms with Gasteiger partial charge in [0, 0.05) is 47.2 Å². The van der Waals surface area contributed by atoms with Gasteiger partial charge in [-0.05, 0) is 56.9 Å². The summed E-state index contributed by atoms with van der Waals surface area (Å²) in [5, 5.41) is 20.0. The van der Waals surface area contributed by atoms with Crippen LogP contribution in [-0.2, 0) is 9.57 Å². The Kier molecular flexibility index (Phi) is 6.07. The van der Waals surface area contributed by atoms with Crippen molar-refractivity contribution in [2.75, 3.05) is 26.2 Å². The quantitative estimate of drug-likeness (QED) is 0.309. The maximum absolute atomic E-state index is 12.3. The molecule has 38 heavy (non-hydrogen) atoms. The number of ether oxygens (including phenoxy) is 1. The number of rotatable bonds is 6. The Bertz CT molecular complexity index is 1460. The number of halogens is 1. The lowest BCUT2D eigenvalue weighted by molar-refractivity contribution is 0.0268. The van der Waals surface area contributed by atoms with Gasteiger partial charge in [0.05, 0.1) is 11.3 Å². The molecule has 2 atom stereocenters. The third-order valence-electron chi connectivity index (χ3n) is 7.17. The van der Waals surface area contributed by atoms with E-state index >= 15 is 0 Å². The number of aromatic amines is 1. The van der Waals surface area contributed by atoms with Crippen LogP contribution in [0.15, 0.2) is 52.6 Å². The highest BCUT2D eigenvalue weighted by atomic mass is 35.5. The molecule has 1 saturated heterocycles. The summed E-state index contributed by atoms with van der Waals surface area (Å²) in [6.45, 7) is 8.08. The van der Waals surface area contributed by atoms with Crippen LogP contribution in [-0.4, -0.2) is 70.4 Å². The Hall–Kier alpha value is -3.56.